The number of nitrogens with zero attached hydrogens (tertiary/aromatic N) is 1. The molecular formula is C19H30N2O. The van der Waals surface area contributed by atoms with E-state index in [0.29, 0.717) is 6.04 Å². The first-order valence-electron chi connectivity index (χ1n) is 8.74. The molecule has 1 N–H and O–H groups in total. The fourth-order valence-corrected chi connectivity index (χ4v) is 3.72. The molecule has 3 heteroatoms. The lowest BCUT2D eigenvalue weighted by Gasteiger charge is -2.43. The maximum atomic E-state index is 6.19. The minimum Gasteiger partial charge on any atom is -0.484 e. The van der Waals surface area contributed by atoms with Crippen molar-refractivity contribution in [3.05, 3.63) is 23.8 Å². The number of benzene rings is 1. The van der Waals surface area contributed by atoms with Crippen LogP contribution >= 0.6 is 0 Å². The minimum atomic E-state index is -0.119. The fraction of sp³-hybridized carbons (Fsp3) is 0.684. The molecule has 3 nitrogen and oxygen atoms in total. The van der Waals surface area contributed by atoms with E-state index < -0.39 is 0 Å². The summed E-state index contributed by atoms with van der Waals surface area (Å²) in [5, 5.41) is 3.52. The van der Waals surface area contributed by atoms with Crippen molar-refractivity contribution < 1.29 is 4.74 Å². The van der Waals surface area contributed by atoms with Crippen molar-refractivity contribution >= 4 is 5.69 Å². The van der Waals surface area contributed by atoms with Gasteiger partial charge in [-0.05, 0) is 83.7 Å². The van der Waals surface area contributed by atoms with Crippen LogP contribution in [0.4, 0.5) is 5.69 Å². The lowest BCUT2D eigenvalue weighted by molar-refractivity contribution is 0.103. The van der Waals surface area contributed by atoms with Crippen LogP contribution < -0.4 is 15.0 Å². The van der Waals surface area contributed by atoms with Crippen LogP contribution in [0.5, 0.6) is 5.75 Å². The number of rotatable bonds is 3. The average molecular weight is 302 g/mol. The van der Waals surface area contributed by atoms with Crippen molar-refractivity contribution in [2.45, 2.75) is 58.6 Å². The molecule has 2 heterocycles. The molecule has 1 fully saturated rings. The molecule has 3 rings (SSSR count). The van der Waals surface area contributed by atoms with Crippen molar-refractivity contribution in [3.8, 4) is 5.75 Å². The van der Waals surface area contributed by atoms with Crippen molar-refractivity contribution in [2.75, 3.05) is 24.5 Å². The van der Waals surface area contributed by atoms with Crippen molar-refractivity contribution in [1.29, 1.82) is 0 Å². The van der Waals surface area contributed by atoms with Gasteiger partial charge in [0.2, 0.25) is 0 Å². The highest BCUT2D eigenvalue weighted by atomic mass is 16.5. The van der Waals surface area contributed by atoms with Crippen molar-refractivity contribution in [2.24, 2.45) is 5.92 Å². The van der Waals surface area contributed by atoms with Crippen LogP contribution in [0.1, 0.15) is 46.1 Å². The number of nitrogens with one attached hydrogen (secondary N) is 1. The van der Waals surface area contributed by atoms with E-state index in [0.717, 1.165) is 24.8 Å². The highest BCUT2D eigenvalue weighted by molar-refractivity contribution is 5.62. The van der Waals surface area contributed by atoms with Crippen LogP contribution in [0.15, 0.2) is 18.2 Å². The third-order valence-electron chi connectivity index (χ3n) is 4.82. The number of hydrogen-bond donors (Lipinski definition) is 1. The van der Waals surface area contributed by atoms with Crippen molar-refractivity contribution in [1.82, 2.24) is 5.32 Å². The van der Waals surface area contributed by atoms with Crippen LogP contribution in [-0.4, -0.2) is 31.3 Å². The van der Waals surface area contributed by atoms with Gasteiger partial charge in [0.05, 0.1) is 12.2 Å². The largest absolute Gasteiger partial charge is 0.484 e. The van der Waals surface area contributed by atoms with Crippen molar-refractivity contribution in [3.63, 3.8) is 0 Å². The van der Waals surface area contributed by atoms with E-state index in [1.54, 1.807) is 0 Å². The molecule has 1 atom stereocenters. The first-order chi connectivity index (χ1) is 10.4. The molecule has 0 spiro atoms. The molecule has 0 saturated carbocycles. The number of piperidine rings is 1. The van der Waals surface area contributed by atoms with Crippen LogP contribution in [-0.2, 0) is 6.42 Å². The van der Waals surface area contributed by atoms with Crippen LogP contribution in [0.2, 0.25) is 0 Å². The Morgan fingerprint density at radius 2 is 2.18 bits per heavy atom. The zero-order chi connectivity index (χ0) is 15.7. The third kappa shape index (κ3) is 3.40. The number of hydrogen-bond acceptors (Lipinski definition) is 3. The van der Waals surface area contributed by atoms with Gasteiger partial charge in [0.1, 0.15) is 11.4 Å². The fourth-order valence-electron chi connectivity index (χ4n) is 3.72. The van der Waals surface area contributed by atoms with Gasteiger partial charge in [-0.25, -0.2) is 0 Å². The van der Waals surface area contributed by atoms with Crippen LogP contribution in [0.25, 0.3) is 0 Å². The van der Waals surface area contributed by atoms with E-state index in [1.165, 1.54) is 37.1 Å². The molecule has 2 aliphatic heterocycles. The standard InChI is InChI=1S/C19H30N2O/c1-14(2)21-13-19(3,4)22-18-8-7-15(11-17(18)21)10-16-6-5-9-20-12-16/h7-8,11,14,16,20H,5-6,9-10,12-13H2,1-4H3. The molecule has 122 valence electrons. The van der Waals surface area contributed by atoms with E-state index in [1.807, 2.05) is 0 Å². The lowest BCUT2D eigenvalue weighted by atomic mass is 9.91. The number of ether oxygens (including phenoxy) is 1. The van der Waals surface area contributed by atoms with E-state index in [-0.39, 0.29) is 5.60 Å². The summed E-state index contributed by atoms with van der Waals surface area (Å²) >= 11 is 0. The Balaban J connectivity index is 1.83. The predicted molar refractivity (Wildman–Crippen MR) is 92.9 cm³/mol. The Bertz CT molecular complexity index is 518. The zero-order valence-corrected chi connectivity index (χ0v) is 14.5. The monoisotopic (exact) mass is 302 g/mol. The number of anilines is 1. The summed E-state index contributed by atoms with van der Waals surface area (Å²) in [5.74, 6) is 1.82. The quantitative estimate of drug-likeness (QED) is 0.923. The molecule has 1 aromatic carbocycles. The van der Waals surface area contributed by atoms with Gasteiger partial charge in [0, 0.05) is 6.04 Å². The van der Waals surface area contributed by atoms with E-state index >= 15 is 0 Å². The summed E-state index contributed by atoms with van der Waals surface area (Å²) in [6.45, 7) is 12.2. The maximum absolute atomic E-state index is 6.19. The Labute approximate surface area is 135 Å². The van der Waals surface area contributed by atoms with Gasteiger partial charge in [0.15, 0.2) is 0 Å². The molecule has 0 bridgehead atoms. The SMILES string of the molecule is CC(C)N1CC(C)(C)Oc2ccc(CC3CCCNC3)cc21. The summed E-state index contributed by atoms with van der Waals surface area (Å²) in [4.78, 5) is 2.49. The van der Waals surface area contributed by atoms with E-state index in [4.69, 9.17) is 4.74 Å². The Morgan fingerprint density at radius 3 is 2.86 bits per heavy atom. The average Bonchev–Trinajstić information content (AvgIpc) is 2.47. The summed E-state index contributed by atoms with van der Waals surface area (Å²) in [6.07, 6.45) is 3.84. The number of fused-ring (bicyclic) bond motifs is 1. The molecule has 0 aliphatic carbocycles. The lowest BCUT2D eigenvalue weighted by Crippen LogP contribution is -2.49. The molecule has 1 aromatic rings. The molecule has 22 heavy (non-hydrogen) atoms. The smallest absolute Gasteiger partial charge is 0.143 e. The van der Waals surface area contributed by atoms with E-state index in [2.05, 4.69) is 56.1 Å². The second-order valence-electron chi connectivity index (χ2n) is 7.80. The Hall–Kier alpha value is -1.22. The first kappa shape index (κ1) is 15.7. The third-order valence-corrected chi connectivity index (χ3v) is 4.82. The van der Waals surface area contributed by atoms with Gasteiger partial charge < -0.3 is 15.0 Å². The Kier molecular flexibility index (Phi) is 4.35. The molecule has 0 aromatic heterocycles. The zero-order valence-electron chi connectivity index (χ0n) is 14.5. The van der Waals surface area contributed by atoms with Gasteiger partial charge in [-0.15, -0.1) is 0 Å². The predicted octanol–water partition coefficient (Wildman–Crippen LogP) is 3.61. The maximum Gasteiger partial charge on any atom is 0.143 e. The summed E-state index contributed by atoms with van der Waals surface area (Å²) in [5.41, 5.74) is 2.60. The van der Waals surface area contributed by atoms with Gasteiger partial charge in [-0.1, -0.05) is 6.07 Å². The highest BCUT2D eigenvalue weighted by Crippen LogP contribution is 2.39. The normalized spacial score (nSPS) is 24.0. The van der Waals surface area contributed by atoms with Gasteiger partial charge in [-0.3, -0.25) is 0 Å². The van der Waals surface area contributed by atoms with Gasteiger partial charge in [-0.2, -0.15) is 0 Å². The summed E-state index contributed by atoms with van der Waals surface area (Å²) in [6, 6.07) is 7.29. The molecule has 1 saturated heterocycles. The van der Waals surface area contributed by atoms with Gasteiger partial charge in [0.25, 0.3) is 0 Å². The Morgan fingerprint density at radius 1 is 1.36 bits per heavy atom. The second-order valence-corrected chi connectivity index (χ2v) is 7.80. The second kappa shape index (κ2) is 6.11. The first-order valence-corrected chi connectivity index (χ1v) is 8.74. The molecule has 2 aliphatic rings. The van der Waals surface area contributed by atoms with Gasteiger partial charge >= 0.3 is 0 Å². The molecular weight excluding hydrogens is 272 g/mol. The molecule has 1 unspecified atom stereocenters. The topological polar surface area (TPSA) is 24.5 Å². The van der Waals surface area contributed by atoms with Crippen LogP contribution in [0.3, 0.4) is 0 Å². The summed E-state index contributed by atoms with van der Waals surface area (Å²) < 4.78 is 6.19. The summed E-state index contributed by atoms with van der Waals surface area (Å²) in [7, 11) is 0. The van der Waals surface area contributed by atoms with Crippen LogP contribution in [0, 0.1) is 5.92 Å². The van der Waals surface area contributed by atoms with E-state index in [9.17, 15) is 0 Å². The molecule has 0 radical (unpaired) electrons. The minimum absolute atomic E-state index is 0.119. The highest BCUT2D eigenvalue weighted by Gasteiger charge is 2.33. The molecule has 0 amide bonds.